The van der Waals surface area contributed by atoms with E-state index < -0.39 is 0 Å². The Morgan fingerprint density at radius 2 is 1.43 bits per heavy atom. The van der Waals surface area contributed by atoms with Gasteiger partial charge in [-0.05, 0) is 30.9 Å². The Labute approximate surface area is 187 Å². The highest BCUT2D eigenvalue weighted by Crippen LogP contribution is 2.35. The molecule has 1 aromatic heterocycles. The summed E-state index contributed by atoms with van der Waals surface area (Å²) < 4.78 is 4.66. The van der Waals surface area contributed by atoms with Crippen molar-refractivity contribution in [2.75, 3.05) is 19.5 Å². The molecule has 0 aliphatic rings. The summed E-state index contributed by atoms with van der Waals surface area (Å²) in [6, 6.07) is 13.0. The van der Waals surface area contributed by atoms with E-state index in [-0.39, 0.29) is 5.97 Å². The number of methoxy groups -OCH3 is 1. The van der Waals surface area contributed by atoms with E-state index in [1.165, 1.54) is 92.3 Å². The second kappa shape index (κ2) is 15.1. The molecule has 4 heteroatoms. The van der Waals surface area contributed by atoms with Crippen LogP contribution in [0.2, 0.25) is 0 Å². The van der Waals surface area contributed by atoms with E-state index in [4.69, 9.17) is 0 Å². The molecule has 166 valence electrons. The Morgan fingerprint density at radius 3 is 2.00 bits per heavy atom. The van der Waals surface area contributed by atoms with E-state index in [1.807, 2.05) is 18.4 Å². The van der Waals surface area contributed by atoms with Crippen molar-refractivity contribution < 1.29 is 9.53 Å². The van der Waals surface area contributed by atoms with Crippen molar-refractivity contribution in [3.8, 4) is 10.4 Å². The molecule has 0 amide bonds. The third kappa shape index (κ3) is 9.34. The predicted octanol–water partition coefficient (Wildman–Crippen LogP) is 7.85. The molecule has 0 aliphatic carbocycles. The lowest BCUT2D eigenvalue weighted by molar-refractivity contribution is -0.140. The number of nitrogens with one attached hydrogen (secondary N) is 1. The molecule has 2 rings (SSSR count). The second-order valence-corrected chi connectivity index (χ2v) is 9.17. The Bertz CT molecular complexity index is 711. The lowest BCUT2D eigenvalue weighted by Crippen LogP contribution is -1.99. The average molecular weight is 430 g/mol. The molecule has 0 bridgehead atoms. The van der Waals surface area contributed by atoms with Crippen LogP contribution in [-0.2, 0) is 16.0 Å². The molecule has 1 aromatic carbocycles. The van der Waals surface area contributed by atoms with Gasteiger partial charge in [-0.1, -0.05) is 88.1 Å². The quantitative estimate of drug-likeness (QED) is 0.218. The van der Waals surface area contributed by atoms with Crippen LogP contribution in [0.15, 0.2) is 36.4 Å². The van der Waals surface area contributed by atoms with Crippen LogP contribution < -0.4 is 5.32 Å². The first-order valence-corrected chi connectivity index (χ1v) is 12.5. The fourth-order valence-electron chi connectivity index (χ4n) is 3.82. The number of thiophene rings is 1. The van der Waals surface area contributed by atoms with Crippen LogP contribution in [0.3, 0.4) is 0 Å². The molecule has 0 atom stereocenters. The number of hydrogen-bond acceptors (Lipinski definition) is 4. The highest BCUT2D eigenvalue weighted by atomic mass is 32.1. The number of anilines is 1. The minimum atomic E-state index is -0.0760. The zero-order chi connectivity index (χ0) is 21.4. The van der Waals surface area contributed by atoms with Crippen LogP contribution in [0.4, 0.5) is 5.69 Å². The lowest BCUT2D eigenvalue weighted by atomic mass is 10.0. The average Bonchev–Trinajstić information content (AvgIpc) is 3.20. The van der Waals surface area contributed by atoms with Gasteiger partial charge in [-0.25, -0.2) is 0 Å². The van der Waals surface area contributed by atoms with Gasteiger partial charge in [-0.15, -0.1) is 11.3 Å². The summed E-state index contributed by atoms with van der Waals surface area (Å²) in [7, 11) is 3.49. The van der Waals surface area contributed by atoms with E-state index in [1.54, 1.807) is 0 Å². The van der Waals surface area contributed by atoms with Gasteiger partial charge in [-0.3, -0.25) is 4.79 Å². The monoisotopic (exact) mass is 429 g/mol. The standard InChI is InChI=1S/C26H39NO2S/c1-27-23-21-25(22-17-13-12-14-18-22)30-24(23)19-15-10-8-6-4-3-5-7-9-11-16-20-26(28)29-2/h12-14,17-18,21,27H,3-11,15-16,19-20H2,1-2H3. The maximum Gasteiger partial charge on any atom is 0.305 e. The Kier molecular flexibility index (Phi) is 12.3. The molecule has 0 aliphatic heterocycles. The van der Waals surface area contributed by atoms with Crippen molar-refractivity contribution in [1.82, 2.24) is 0 Å². The van der Waals surface area contributed by atoms with Crippen molar-refractivity contribution in [2.45, 2.75) is 83.5 Å². The number of benzene rings is 1. The predicted molar refractivity (Wildman–Crippen MR) is 130 cm³/mol. The fraction of sp³-hybridized carbons (Fsp3) is 0.577. The number of esters is 1. The molecule has 0 saturated heterocycles. The third-order valence-corrected chi connectivity index (χ3v) is 6.89. The molecule has 0 unspecified atom stereocenters. The molecule has 1 heterocycles. The zero-order valence-corrected chi connectivity index (χ0v) is 19.7. The molecule has 30 heavy (non-hydrogen) atoms. The molecule has 1 N–H and O–H groups in total. The maximum atomic E-state index is 11.0. The molecular weight excluding hydrogens is 390 g/mol. The van der Waals surface area contributed by atoms with Gasteiger partial charge in [0.05, 0.1) is 7.11 Å². The minimum absolute atomic E-state index is 0.0760. The van der Waals surface area contributed by atoms with E-state index >= 15 is 0 Å². The number of ether oxygens (including phenoxy) is 1. The number of hydrogen-bond donors (Lipinski definition) is 1. The molecule has 0 spiro atoms. The van der Waals surface area contributed by atoms with Gasteiger partial charge in [0.2, 0.25) is 0 Å². The highest BCUT2D eigenvalue weighted by molar-refractivity contribution is 7.16. The first-order valence-electron chi connectivity index (χ1n) is 11.7. The summed E-state index contributed by atoms with van der Waals surface area (Å²) in [5, 5.41) is 3.38. The first kappa shape index (κ1) is 24.5. The summed E-state index contributed by atoms with van der Waals surface area (Å²) in [6.07, 6.45) is 15.8. The Hall–Kier alpha value is -1.81. The molecule has 0 fully saturated rings. The van der Waals surface area contributed by atoms with Gasteiger partial charge >= 0.3 is 5.97 Å². The van der Waals surface area contributed by atoms with Gasteiger partial charge in [-0.2, -0.15) is 0 Å². The van der Waals surface area contributed by atoms with Crippen molar-refractivity contribution >= 4 is 23.0 Å². The molecule has 3 nitrogen and oxygen atoms in total. The third-order valence-electron chi connectivity index (χ3n) is 5.65. The minimum Gasteiger partial charge on any atom is -0.469 e. The molecule has 2 aromatic rings. The van der Waals surface area contributed by atoms with Crippen LogP contribution in [0.1, 0.15) is 81.9 Å². The summed E-state index contributed by atoms with van der Waals surface area (Å²) >= 11 is 1.93. The maximum absolute atomic E-state index is 11.0. The Balaban J connectivity index is 1.49. The zero-order valence-electron chi connectivity index (χ0n) is 18.9. The van der Waals surface area contributed by atoms with Crippen molar-refractivity contribution in [1.29, 1.82) is 0 Å². The topological polar surface area (TPSA) is 38.3 Å². The number of unbranched alkanes of at least 4 members (excludes halogenated alkanes) is 10. The SMILES string of the molecule is CNc1cc(-c2ccccc2)sc1CCCCCCCCCCCCCC(=O)OC. The largest absolute Gasteiger partial charge is 0.469 e. The van der Waals surface area contributed by atoms with E-state index in [0.29, 0.717) is 6.42 Å². The number of carbonyl (C=O) groups excluding carboxylic acids is 1. The van der Waals surface area contributed by atoms with Crippen LogP contribution in [0.25, 0.3) is 10.4 Å². The summed E-state index contributed by atoms with van der Waals surface area (Å²) in [4.78, 5) is 13.9. The smallest absolute Gasteiger partial charge is 0.305 e. The fourth-order valence-corrected chi connectivity index (χ4v) is 5.03. The van der Waals surface area contributed by atoms with Crippen molar-refractivity contribution in [3.63, 3.8) is 0 Å². The number of carbonyl (C=O) groups is 1. The van der Waals surface area contributed by atoms with Gasteiger partial charge in [0.1, 0.15) is 0 Å². The van der Waals surface area contributed by atoms with E-state index in [9.17, 15) is 4.79 Å². The molecule has 0 saturated carbocycles. The van der Waals surface area contributed by atoms with Crippen LogP contribution in [0.5, 0.6) is 0 Å². The first-order chi connectivity index (χ1) is 14.7. The summed E-state index contributed by atoms with van der Waals surface area (Å²) in [6.45, 7) is 0. The Morgan fingerprint density at radius 1 is 0.867 bits per heavy atom. The van der Waals surface area contributed by atoms with Gasteiger partial charge in [0.25, 0.3) is 0 Å². The van der Waals surface area contributed by atoms with E-state index in [2.05, 4.69) is 46.5 Å². The highest BCUT2D eigenvalue weighted by Gasteiger charge is 2.09. The number of aryl methyl sites for hydroxylation is 1. The molecule has 0 radical (unpaired) electrons. The summed E-state index contributed by atoms with van der Waals surface area (Å²) in [5.74, 6) is -0.0760. The van der Waals surface area contributed by atoms with Crippen molar-refractivity contribution in [2.24, 2.45) is 0 Å². The second-order valence-electron chi connectivity index (χ2n) is 8.03. The van der Waals surface area contributed by atoms with Crippen LogP contribution in [0, 0.1) is 0 Å². The molecular formula is C26H39NO2S. The van der Waals surface area contributed by atoms with Crippen LogP contribution in [-0.4, -0.2) is 20.1 Å². The summed E-state index contributed by atoms with van der Waals surface area (Å²) in [5.41, 5.74) is 2.61. The van der Waals surface area contributed by atoms with Gasteiger partial charge in [0.15, 0.2) is 0 Å². The van der Waals surface area contributed by atoms with E-state index in [0.717, 1.165) is 12.8 Å². The van der Waals surface area contributed by atoms with Crippen molar-refractivity contribution in [3.05, 3.63) is 41.3 Å². The van der Waals surface area contributed by atoms with Gasteiger partial charge in [0, 0.05) is 28.9 Å². The van der Waals surface area contributed by atoms with Crippen LogP contribution >= 0.6 is 11.3 Å². The van der Waals surface area contributed by atoms with Gasteiger partial charge < -0.3 is 10.1 Å². The lowest BCUT2D eigenvalue weighted by Gasteiger charge is -2.04. The number of rotatable bonds is 16. The normalized spacial score (nSPS) is 10.9.